The number of esters is 1. The Kier molecular flexibility index (Phi) is 8.96. The summed E-state index contributed by atoms with van der Waals surface area (Å²) in [4.78, 5) is 12.2. The quantitative estimate of drug-likeness (QED) is 0.222. The van der Waals surface area contributed by atoms with Crippen LogP contribution in [0, 0.1) is 0 Å². The first-order valence-electron chi connectivity index (χ1n) is 8.57. The van der Waals surface area contributed by atoms with Gasteiger partial charge in [-0.1, -0.05) is 12.7 Å². The number of hydrogen-bond acceptors (Lipinski definition) is 5. The van der Waals surface area contributed by atoms with Crippen LogP contribution >= 0.6 is 0 Å². The zero-order chi connectivity index (χ0) is 20.1. The molecule has 0 saturated heterocycles. The molecule has 0 aromatic rings. The molecular weight excluding hydrogens is 385 g/mol. The van der Waals surface area contributed by atoms with E-state index in [1.165, 1.54) is 0 Å². The monoisotopic (exact) mass is 420 g/mol. The first-order chi connectivity index (χ1) is 11.0. The number of ether oxygens (including phenoxy) is 1. The third kappa shape index (κ3) is 11.8. The van der Waals surface area contributed by atoms with Crippen molar-refractivity contribution in [3.05, 3.63) is 23.9 Å². The lowest BCUT2D eigenvalue weighted by atomic mass is 10.4. The van der Waals surface area contributed by atoms with Gasteiger partial charge in [0.15, 0.2) is 25.0 Å². The van der Waals surface area contributed by atoms with Gasteiger partial charge >= 0.3 is 14.8 Å². The maximum absolute atomic E-state index is 12.2. The molecule has 0 fully saturated rings. The second kappa shape index (κ2) is 9.07. The average molecular weight is 421 g/mol. The Bertz CT molecular complexity index is 457. The van der Waals surface area contributed by atoms with Crippen LogP contribution in [0.2, 0.25) is 58.9 Å². The van der Waals surface area contributed by atoms with Crippen molar-refractivity contribution in [3.8, 4) is 0 Å². The summed E-state index contributed by atoms with van der Waals surface area (Å²) in [6.45, 7) is 24.4. The van der Waals surface area contributed by atoms with E-state index >= 15 is 0 Å². The summed E-state index contributed by atoms with van der Waals surface area (Å²) in [6.07, 6.45) is 1.55. The van der Waals surface area contributed by atoms with Crippen LogP contribution in [0.1, 0.15) is 6.92 Å². The summed E-state index contributed by atoms with van der Waals surface area (Å²) in [5.74, 6) is -0.394. The predicted octanol–water partition coefficient (Wildman–Crippen LogP) is 4.69. The summed E-state index contributed by atoms with van der Waals surface area (Å²) >= 11 is 0. The van der Waals surface area contributed by atoms with Crippen molar-refractivity contribution in [2.45, 2.75) is 65.8 Å². The van der Waals surface area contributed by atoms with Gasteiger partial charge in [0.05, 0.1) is 0 Å². The fourth-order valence-corrected chi connectivity index (χ4v) is 15.2. The lowest BCUT2D eigenvalue weighted by Gasteiger charge is -2.41. The highest BCUT2D eigenvalue weighted by atomic mass is 28.5. The molecule has 0 rings (SSSR count). The van der Waals surface area contributed by atoms with E-state index < -0.39 is 39.7 Å². The van der Waals surface area contributed by atoms with Crippen LogP contribution in [-0.2, 0) is 21.9 Å². The summed E-state index contributed by atoms with van der Waals surface area (Å²) in [6, 6.07) is 0. The minimum Gasteiger partial charge on any atom is -0.458 e. The normalized spacial score (nSPS) is 14.4. The van der Waals surface area contributed by atoms with Gasteiger partial charge in [0.25, 0.3) is 0 Å². The average Bonchev–Trinajstić information content (AvgIpc) is 2.28. The highest BCUT2D eigenvalue weighted by Gasteiger charge is 2.49. The SMILES string of the molecule is C=CCOC(=O)C(C)=C[Si](O[Si](C)(C)C)(O[Si](C)(C)C)O[Si](C)(C)C. The Morgan fingerprint density at radius 3 is 1.48 bits per heavy atom. The fourth-order valence-electron chi connectivity index (χ4n) is 2.00. The van der Waals surface area contributed by atoms with E-state index in [0.717, 1.165) is 0 Å². The first-order valence-corrected chi connectivity index (χ1v) is 20.6. The predicted molar refractivity (Wildman–Crippen MR) is 114 cm³/mol. The van der Waals surface area contributed by atoms with Gasteiger partial charge in [-0.15, -0.1) is 0 Å². The molecule has 0 aliphatic carbocycles. The number of carbonyl (C=O) groups is 1. The molecule has 146 valence electrons. The van der Waals surface area contributed by atoms with Crippen molar-refractivity contribution in [1.29, 1.82) is 0 Å². The lowest BCUT2D eigenvalue weighted by molar-refractivity contribution is -0.137. The largest absolute Gasteiger partial charge is 0.498 e. The molecule has 0 aromatic carbocycles. The summed E-state index contributed by atoms with van der Waals surface area (Å²) < 4.78 is 24.7. The molecule has 0 spiro atoms. The molecule has 0 atom stereocenters. The van der Waals surface area contributed by atoms with Gasteiger partial charge in [-0.3, -0.25) is 0 Å². The second-order valence-corrected chi connectivity index (χ2v) is 25.6. The second-order valence-electron chi connectivity index (χ2n) is 8.96. The highest BCUT2D eigenvalue weighted by molar-refractivity contribution is 6.92. The van der Waals surface area contributed by atoms with E-state index in [2.05, 4.69) is 65.5 Å². The molecule has 0 aromatic heterocycles. The first kappa shape index (κ1) is 24.7. The molecular formula is C16H36O5Si4. The van der Waals surface area contributed by atoms with Crippen LogP contribution < -0.4 is 0 Å². The zero-order valence-corrected chi connectivity index (χ0v) is 21.6. The summed E-state index contributed by atoms with van der Waals surface area (Å²) in [5.41, 5.74) is 2.25. The molecule has 0 aliphatic heterocycles. The molecule has 0 saturated carbocycles. The maximum Gasteiger partial charge on any atom is 0.498 e. The molecule has 25 heavy (non-hydrogen) atoms. The Labute approximate surface area is 158 Å². The van der Waals surface area contributed by atoms with Crippen molar-refractivity contribution >= 4 is 39.7 Å². The number of carbonyl (C=O) groups excluding carboxylic acids is 1. The van der Waals surface area contributed by atoms with Crippen LogP contribution in [-0.4, -0.2) is 46.3 Å². The topological polar surface area (TPSA) is 54.0 Å². The lowest BCUT2D eigenvalue weighted by Crippen LogP contribution is -2.59. The standard InChI is InChI=1S/C16H36O5Si4/c1-12-13-18-16(17)15(2)14-25(19-22(3,4)5,20-23(6,7)8)21-24(9,10)11/h12,14H,1,13H2,2-11H3. The Balaban J connectivity index is 6.03. The Morgan fingerprint density at radius 1 is 0.840 bits per heavy atom. The van der Waals surface area contributed by atoms with Crippen molar-refractivity contribution in [1.82, 2.24) is 0 Å². The van der Waals surface area contributed by atoms with Gasteiger partial charge < -0.3 is 17.1 Å². The van der Waals surface area contributed by atoms with E-state index in [1.54, 1.807) is 18.7 Å². The molecule has 0 N–H and O–H groups in total. The third-order valence-corrected chi connectivity index (χ3v) is 13.9. The van der Waals surface area contributed by atoms with Gasteiger partial charge in [-0.25, -0.2) is 4.79 Å². The van der Waals surface area contributed by atoms with Crippen molar-refractivity contribution in [2.24, 2.45) is 0 Å². The van der Waals surface area contributed by atoms with Gasteiger partial charge in [0.2, 0.25) is 0 Å². The van der Waals surface area contributed by atoms with Crippen LogP contribution in [0.15, 0.2) is 23.9 Å². The van der Waals surface area contributed by atoms with Crippen molar-refractivity contribution in [2.75, 3.05) is 6.61 Å². The minimum absolute atomic E-state index is 0.178. The fraction of sp³-hybridized carbons (Fsp3) is 0.688. The third-order valence-electron chi connectivity index (χ3n) is 2.39. The van der Waals surface area contributed by atoms with Crippen molar-refractivity contribution < 1.29 is 21.9 Å². The van der Waals surface area contributed by atoms with E-state index in [-0.39, 0.29) is 6.61 Å². The Hall–Kier alpha value is -0.302. The van der Waals surface area contributed by atoms with Crippen LogP contribution in [0.3, 0.4) is 0 Å². The molecule has 0 unspecified atom stereocenters. The van der Waals surface area contributed by atoms with Gasteiger partial charge in [-0.2, -0.15) is 0 Å². The molecule has 0 amide bonds. The van der Waals surface area contributed by atoms with E-state index in [4.69, 9.17) is 17.1 Å². The maximum atomic E-state index is 12.2. The Morgan fingerprint density at radius 2 is 1.20 bits per heavy atom. The molecule has 0 heterocycles. The van der Waals surface area contributed by atoms with Crippen LogP contribution in [0.5, 0.6) is 0 Å². The van der Waals surface area contributed by atoms with Crippen LogP contribution in [0.4, 0.5) is 0 Å². The molecule has 0 radical (unpaired) electrons. The molecule has 0 aliphatic rings. The van der Waals surface area contributed by atoms with Crippen LogP contribution in [0.25, 0.3) is 0 Å². The van der Waals surface area contributed by atoms with Gasteiger partial charge in [0, 0.05) is 5.57 Å². The molecule has 0 bridgehead atoms. The number of hydrogen-bond donors (Lipinski definition) is 0. The zero-order valence-electron chi connectivity index (χ0n) is 17.6. The van der Waals surface area contributed by atoms with E-state index in [9.17, 15) is 4.79 Å². The summed E-state index contributed by atoms with van der Waals surface area (Å²) in [7, 11) is -9.10. The number of rotatable bonds is 10. The smallest absolute Gasteiger partial charge is 0.458 e. The van der Waals surface area contributed by atoms with Gasteiger partial charge in [0.1, 0.15) is 6.61 Å². The highest BCUT2D eigenvalue weighted by Crippen LogP contribution is 2.27. The molecule has 9 heteroatoms. The summed E-state index contributed by atoms with van der Waals surface area (Å²) in [5, 5.41) is 0. The van der Waals surface area contributed by atoms with Gasteiger partial charge in [-0.05, 0) is 71.5 Å². The minimum atomic E-state index is -3.17. The van der Waals surface area contributed by atoms with E-state index in [1.807, 2.05) is 0 Å². The van der Waals surface area contributed by atoms with Crippen molar-refractivity contribution in [3.63, 3.8) is 0 Å². The van der Waals surface area contributed by atoms with E-state index in [0.29, 0.717) is 5.57 Å². The molecule has 5 nitrogen and oxygen atoms in total.